The second-order valence-corrected chi connectivity index (χ2v) is 9.54. The SMILES string of the molecule is Cc1nnc([C@]23C[C@@H](C)C[C@H](C2)N3C(=O)Nc2cc(-c3ncc4cccn4n3)c(Cl)cc2F)o1. The Bertz CT molecular complexity index is 1440. The number of piperidine rings is 1. The van der Waals surface area contributed by atoms with Gasteiger partial charge in [0.2, 0.25) is 11.8 Å². The number of likely N-dealkylation sites (tertiary alicyclic amines) is 1. The van der Waals surface area contributed by atoms with Gasteiger partial charge in [-0.1, -0.05) is 18.5 Å². The fourth-order valence-electron chi connectivity index (χ4n) is 5.38. The molecule has 6 rings (SSSR count). The van der Waals surface area contributed by atoms with Crippen LogP contribution in [-0.2, 0) is 5.54 Å². The molecule has 174 valence electrons. The van der Waals surface area contributed by atoms with Crippen molar-refractivity contribution in [2.24, 2.45) is 5.92 Å². The summed E-state index contributed by atoms with van der Waals surface area (Å²) in [6, 6.07) is 5.93. The molecule has 1 aromatic carbocycles. The number of halogens is 2. The predicted octanol–water partition coefficient (Wildman–Crippen LogP) is 4.81. The summed E-state index contributed by atoms with van der Waals surface area (Å²) in [4.78, 5) is 19.5. The van der Waals surface area contributed by atoms with E-state index in [0.717, 1.165) is 24.4 Å². The first-order valence-corrected chi connectivity index (χ1v) is 11.4. The van der Waals surface area contributed by atoms with E-state index in [-0.39, 0.29) is 16.8 Å². The molecule has 1 saturated heterocycles. The van der Waals surface area contributed by atoms with Crippen LogP contribution in [0.15, 0.2) is 41.1 Å². The highest BCUT2D eigenvalue weighted by atomic mass is 35.5. The average molecular weight is 482 g/mol. The maximum absolute atomic E-state index is 14.9. The summed E-state index contributed by atoms with van der Waals surface area (Å²) in [6.45, 7) is 3.86. The number of anilines is 1. The van der Waals surface area contributed by atoms with Crippen LogP contribution in [0.4, 0.5) is 14.9 Å². The number of hydrogen-bond acceptors (Lipinski definition) is 6. The van der Waals surface area contributed by atoms with Gasteiger partial charge in [0.1, 0.15) is 11.4 Å². The van der Waals surface area contributed by atoms with Crippen LogP contribution in [0.25, 0.3) is 16.9 Å². The number of carbonyl (C=O) groups is 1. The third-order valence-corrected chi connectivity index (χ3v) is 7.04. The van der Waals surface area contributed by atoms with Crippen LogP contribution in [0, 0.1) is 18.7 Å². The number of benzene rings is 1. The molecule has 3 atom stereocenters. The van der Waals surface area contributed by atoms with Gasteiger partial charge in [0, 0.05) is 31.1 Å². The summed E-state index contributed by atoms with van der Waals surface area (Å²) in [5, 5.41) is 15.5. The Morgan fingerprint density at radius 3 is 2.97 bits per heavy atom. The van der Waals surface area contributed by atoms with Crippen LogP contribution in [0.2, 0.25) is 5.02 Å². The lowest BCUT2D eigenvalue weighted by Crippen LogP contribution is -2.70. The zero-order chi connectivity index (χ0) is 23.6. The number of amides is 2. The van der Waals surface area contributed by atoms with Gasteiger partial charge >= 0.3 is 6.03 Å². The van der Waals surface area contributed by atoms with Crippen molar-refractivity contribution in [3.05, 3.63) is 59.3 Å². The molecule has 0 spiro atoms. The summed E-state index contributed by atoms with van der Waals surface area (Å²) in [5.41, 5.74) is 0.543. The van der Waals surface area contributed by atoms with E-state index in [1.807, 2.05) is 12.1 Å². The third kappa shape index (κ3) is 3.16. The van der Waals surface area contributed by atoms with Crippen molar-refractivity contribution in [2.45, 2.75) is 44.7 Å². The first kappa shape index (κ1) is 21.0. The number of rotatable bonds is 3. The Balaban J connectivity index is 1.33. The molecular formula is C23H21ClFN7O2. The molecule has 4 aromatic rings. The van der Waals surface area contributed by atoms with Crippen LogP contribution in [-0.4, -0.2) is 41.8 Å². The zero-order valence-electron chi connectivity index (χ0n) is 18.5. The maximum atomic E-state index is 14.9. The minimum absolute atomic E-state index is 0.00418. The van der Waals surface area contributed by atoms with Crippen LogP contribution in [0.1, 0.15) is 38.0 Å². The van der Waals surface area contributed by atoms with E-state index in [2.05, 4.69) is 32.5 Å². The highest BCUT2D eigenvalue weighted by Crippen LogP contribution is 2.55. The summed E-state index contributed by atoms with van der Waals surface area (Å²) < 4.78 is 22.2. The second-order valence-electron chi connectivity index (χ2n) is 9.13. The number of nitrogens with one attached hydrogen (secondary N) is 1. The number of aromatic nitrogens is 5. The van der Waals surface area contributed by atoms with Crippen molar-refractivity contribution in [1.29, 1.82) is 0 Å². The maximum Gasteiger partial charge on any atom is 0.323 e. The lowest BCUT2D eigenvalue weighted by molar-refractivity contribution is -0.110. The van der Waals surface area contributed by atoms with Crippen molar-refractivity contribution >= 4 is 28.8 Å². The number of urea groups is 1. The van der Waals surface area contributed by atoms with Gasteiger partial charge in [-0.2, -0.15) is 0 Å². The number of hydrogen-bond donors (Lipinski definition) is 1. The number of aryl methyl sites for hydroxylation is 1. The quantitative estimate of drug-likeness (QED) is 0.450. The molecule has 3 aromatic heterocycles. The van der Waals surface area contributed by atoms with Crippen molar-refractivity contribution in [2.75, 3.05) is 5.32 Å². The molecular weight excluding hydrogens is 461 g/mol. The highest BCUT2D eigenvalue weighted by molar-refractivity contribution is 6.33. The number of fused-ring (bicyclic) bond motifs is 3. The molecule has 1 aliphatic heterocycles. The van der Waals surface area contributed by atoms with Gasteiger partial charge in [0.15, 0.2) is 5.82 Å². The van der Waals surface area contributed by atoms with Crippen molar-refractivity contribution in [3.8, 4) is 11.4 Å². The van der Waals surface area contributed by atoms with E-state index in [1.165, 1.54) is 6.07 Å². The molecule has 2 bridgehead atoms. The monoisotopic (exact) mass is 481 g/mol. The van der Waals surface area contributed by atoms with Crippen molar-refractivity contribution in [1.82, 2.24) is 29.7 Å². The first-order chi connectivity index (χ1) is 16.3. The lowest BCUT2D eigenvalue weighted by atomic mass is 9.64. The Labute approximate surface area is 198 Å². The Kier molecular flexibility index (Phi) is 4.63. The molecule has 0 radical (unpaired) electrons. The predicted molar refractivity (Wildman–Crippen MR) is 122 cm³/mol. The number of nitrogens with zero attached hydrogens (tertiary/aromatic N) is 6. The third-order valence-electron chi connectivity index (χ3n) is 6.72. The molecule has 34 heavy (non-hydrogen) atoms. The normalized spacial score (nSPS) is 23.7. The molecule has 4 heterocycles. The Morgan fingerprint density at radius 1 is 1.32 bits per heavy atom. The van der Waals surface area contributed by atoms with Crippen molar-refractivity contribution < 1.29 is 13.6 Å². The van der Waals surface area contributed by atoms with E-state index in [9.17, 15) is 9.18 Å². The van der Waals surface area contributed by atoms with Crippen LogP contribution in [0.3, 0.4) is 0 Å². The number of carbonyl (C=O) groups excluding carboxylic acids is 1. The van der Waals surface area contributed by atoms with E-state index < -0.39 is 17.4 Å². The molecule has 1 N–H and O–H groups in total. The smallest absolute Gasteiger partial charge is 0.323 e. The average Bonchev–Trinajstić information content (AvgIpc) is 3.43. The molecule has 2 fully saturated rings. The molecule has 11 heteroatoms. The van der Waals surface area contributed by atoms with Crippen LogP contribution >= 0.6 is 11.6 Å². The van der Waals surface area contributed by atoms with Gasteiger partial charge in [-0.25, -0.2) is 18.7 Å². The lowest BCUT2D eigenvalue weighted by Gasteiger charge is -2.61. The topological polar surface area (TPSA) is 101 Å². The van der Waals surface area contributed by atoms with Crippen LogP contribution in [0.5, 0.6) is 0 Å². The van der Waals surface area contributed by atoms with E-state index in [0.29, 0.717) is 35.5 Å². The molecule has 2 amide bonds. The summed E-state index contributed by atoms with van der Waals surface area (Å²) >= 11 is 6.32. The van der Waals surface area contributed by atoms with E-state index in [4.69, 9.17) is 16.0 Å². The largest absolute Gasteiger partial charge is 0.423 e. The van der Waals surface area contributed by atoms with Crippen molar-refractivity contribution in [3.63, 3.8) is 0 Å². The van der Waals surface area contributed by atoms with Gasteiger partial charge in [0.25, 0.3) is 0 Å². The molecule has 0 unspecified atom stereocenters. The molecule has 9 nitrogen and oxygen atoms in total. The fourth-order valence-corrected chi connectivity index (χ4v) is 5.62. The van der Waals surface area contributed by atoms with Crippen LogP contribution < -0.4 is 5.32 Å². The Hall–Kier alpha value is -3.53. The van der Waals surface area contributed by atoms with Gasteiger partial charge in [-0.3, -0.25) is 0 Å². The van der Waals surface area contributed by atoms with Gasteiger partial charge in [-0.15, -0.1) is 15.3 Å². The van der Waals surface area contributed by atoms with E-state index in [1.54, 1.807) is 28.7 Å². The van der Waals surface area contributed by atoms with E-state index >= 15 is 0 Å². The summed E-state index contributed by atoms with van der Waals surface area (Å²) in [6.07, 6.45) is 5.74. The van der Waals surface area contributed by atoms with Gasteiger partial charge < -0.3 is 14.6 Å². The second kappa shape index (κ2) is 7.49. The molecule has 1 saturated carbocycles. The zero-order valence-corrected chi connectivity index (χ0v) is 19.3. The Morgan fingerprint density at radius 2 is 2.18 bits per heavy atom. The minimum Gasteiger partial charge on any atom is -0.423 e. The summed E-state index contributed by atoms with van der Waals surface area (Å²) in [5.74, 6) is 0.935. The molecule has 1 aliphatic carbocycles. The highest BCUT2D eigenvalue weighted by Gasteiger charge is 2.62. The minimum atomic E-state index is -0.679. The first-order valence-electron chi connectivity index (χ1n) is 11.0. The van der Waals surface area contributed by atoms with Gasteiger partial charge in [-0.05, 0) is 43.0 Å². The molecule has 2 aliphatic rings. The van der Waals surface area contributed by atoms with Gasteiger partial charge in [0.05, 0.1) is 22.4 Å². The summed E-state index contributed by atoms with van der Waals surface area (Å²) in [7, 11) is 0. The fraction of sp³-hybridized carbons (Fsp3) is 0.348. The standard InChI is InChI=1S/C23H21ClFN7O2/c1-12-6-15-10-23(9-12,21-29-28-13(2)34-21)32(15)22(33)27-19-7-16(17(24)8-18(19)25)20-26-11-14-4-3-5-31(14)30-20/h3-5,7-8,11-12,15H,6,9-10H2,1-2H3,(H,27,33)/t12-,15+,23-/m0/s1.